The highest BCUT2D eigenvalue weighted by Gasteiger charge is 1.69. The molecule has 62 valence electrons. The lowest BCUT2D eigenvalue weighted by Gasteiger charge is -1.70. The Morgan fingerprint density at radius 1 is 1.70 bits per heavy atom. The maximum absolute atomic E-state index is 9.47. The maximum Gasteiger partial charge on any atom is 0.240 e. The number of halogens is 1. The van der Waals surface area contributed by atoms with Crippen LogP contribution >= 0.6 is 24.0 Å². The van der Waals surface area contributed by atoms with Crippen LogP contribution in [0.25, 0.3) is 0 Å². The predicted octanol–water partition coefficient (Wildman–Crippen LogP) is 0.631. The van der Waals surface area contributed by atoms with Gasteiger partial charge in [0.1, 0.15) is 0 Å². The van der Waals surface area contributed by atoms with Crippen molar-refractivity contribution in [2.75, 3.05) is 6.54 Å². The summed E-state index contributed by atoms with van der Waals surface area (Å²) in [5, 5.41) is 0. The van der Waals surface area contributed by atoms with Gasteiger partial charge in [-0.15, -0.1) is 24.0 Å². The van der Waals surface area contributed by atoms with Crippen molar-refractivity contribution in [3.8, 4) is 0 Å². The molecule has 0 aliphatic heterocycles. The third-order valence-corrected chi connectivity index (χ3v) is 0.490. The topological polar surface area (TPSA) is 69.1 Å². The fourth-order valence-corrected chi connectivity index (χ4v) is 0. The van der Waals surface area contributed by atoms with Gasteiger partial charge < -0.3 is 11.5 Å². The van der Waals surface area contributed by atoms with E-state index in [9.17, 15) is 4.79 Å². The zero-order valence-corrected chi connectivity index (χ0v) is 8.50. The van der Waals surface area contributed by atoms with Crippen LogP contribution in [0.3, 0.4) is 0 Å². The highest BCUT2D eigenvalue weighted by Crippen LogP contribution is 1.57. The van der Waals surface area contributed by atoms with Gasteiger partial charge >= 0.3 is 0 Å². The van der Waals surface area contributed by atoms with Crippen LogP contribution in [0.1, 0.15) is 13.3 Å². The zero-order valence-electron chi connectivity index (χ0n) is 6.17. The SMILES string of the molecule is C=CC(N)=O.CCCN.I. The Morgan fingerprint density at radius 3 is 1.90 bits per heavy atom. The van der Waals surface area contributed by atoms with Crippen molar-refractivity contribution in [1.29, 1.82) is 0 Å². The van der Waals surface area contributed by atoms with Crippen LogP contribution in [0.2, 0.25) is 0 Å². The van der Waals surface area contributed by atoms with E-state index in [2.05, 4.69) is 19.2 Å². The number of primary amides is 1. The van der Waals surface area contributed by atoms with Gasteiger partial charge in [-0.1, -0.05) is 13.5 Å². The number of amides is 1. The molecule has 0 unspecified atom stereocenters. The highest BCUT2D eigenvalue weighted by molar-refractivity contribution is 14.0. The summed E-state index contributed by atoms with van der Waals surface area (Å²) in [4.78, 5) is 9.47. The molecule has 0 bridgehead atoms. The second-order valence-corrected chi connectivity index (χ2v) is 1.40. The summed E-state index contributed by atoms with van der Waals surface area (Å²) < 4.78 is 0. The van der Waals surface area contributed by atoms with Gasteiger partial charge in [-0.2, -0.15) is 0 Å². The van der Waals surface area contributed by atoms with Crippen LogP contribution in [0.5, 0.6) is 0 Å². The van der Waals surface area contributed by atoms with Gasteiger partial charge in [0.25, 0.3) is 0 Å². The molecule has 0 aromatic carbocycles. The Kier molecular flexibility index (Phi) is 26.3. The molecule has 1 amide bonds. The first-order chi connectivity index (χ1) is 4.18. The molecular weight excluding hydrogens is 243 g/mol. The summed E-state index contributed by atoms with van der Waals surface area (Å²) >= 11 is 0. The number of hydrogen-bond acceptors (Lipinski definition) is 2. The molecule has 0 atom stereocenters. The molecule has 0 aliphatic rings. The molecule has 0 aromatic heterocycles. The summed E-state index contributed by atoms with van der Waals surface area (Å²) in [7, 11) is 0. The summed E-state index contributed by atoms with van der Waals surface area (Å²) in [6.45, 7) is 5.96. The van der Waals surface area contributed by atoms with E-state index in [4.69, 9.17) is 5.73 Å². The molecule has 0 aromatic rings. The molecule has 0 fully saturated rings. The van der Waals surface area contributed by atoms with Crippen LogP contribution in [0, 0.1) is 0 Å². The van der Waals surface area contributed by atoms with Crippen molar-refractivity contribution in [2.24, 2.45) is 11.5 Å². The highest BCUT2D eigenvalue weighted by atomic mass is 127. The fourth-order valence-electron chi connectivity index (χ4n) is 0. The Hall–Kier alpha value is -0.100. The Morgan fingerprint density at radius 2 is 1.90 bits per heavy atom. The standard InChI is InChI=1S/C3H5NO.C3H9N.HI/c1-2-3(4)5;1-2-3-4;/h2H,1H2,(H2,4,5);2-4H2,1H3;1H. The van der Waals surface area contributed by atoms with E-state index in [1.165, 1.54) is 0 Å². The number of nitrogens with two attached hydrogens (primary N) is 2. The van der Waals surface area contributed by atoms with Crippen LogP contribution in [-0.2, 0) is 4.79 Å². The lowest BCUT2D eigenvalue weighted by atomic mass is 10.5. The molecule has 0 spiro atoms. The lowest BCUT2D eigenvalue weighted by Crippen LogP contribution is -2.04. The first-order valence-electron chi connectivity index (χ1n) is 2.81. The van der Waals surface area contributed by atoms with Gasteiger partial charge in [-0.3, -0.25) is 4.79 Å². The minimum Gasteiger partial charge on any atom is -0.366 e. The average Bonchev–Trinajstić information content (AvgIpc) is 1.89. The second kappa shape index (κ2) is 16.0. The molecule has 4 N–H and O–H groups in total. The molecule has 3 nitrogen and oxygen atoms in total. The van der Waals surface area contributed by atoms with Gasteiger partial charge in [-0.25, -0.2) is 0 Å². The second-order valence-electron chi connectivity index (χ2n) is 1.40. The van der Waals surface area contributed by atoms with Crippen LogP contribution < -0.4 is 11.5 Å². The molecule has 0 aliphatic carbocycles. The molecule has 0 saturated heterocycles. The number of carbonyl (C=O) groups excluding carboxylic acids is 1. The monoisotopic (exact) mass is 258 g/mol. The van der Waals surface area contributed by atoms with Gasteiger partial charge in [0.05, 0.1) is 0 Å². The largest absolute Gasteiger partial charge is 0.366 e. The molecule has 0 radical (unpaired) electrons. The third kappa shape index (κ3) is 44.7. The molecule has 0 heterocycles. The van der Waals surface area contributed by atoms with Crippen molar-refractivity contribution in [1.82, 2.24) is 0 Å². The summed E-state index contributed by atoms with van der Waals surface area (Å²) in [5.74, 6) is -0.481. The van der Waals surface area contributed by atoms with Crippen LogP contribution in [-0.4, -0.2) is 12.5 Å². The summed E-state index contributed by atoms with van der Waals surface area (Å²) in [6.07, 6.45) is 2.15. The molecule has 4 heteroatoms. The third-order valence-electron chi connectivity index (χ3n) is 0.490. The first-order valence-corrected chi connectivity index (χ1v) is 2.81. The summed E-state index contributed by atoms with van der Waals surface area (Å²) in [6, 6.07) is 0. The van der Waals surface area contributed by atoms with E-state index in [-0.39, 0.29) is 24.0 Å². The number of hydrogen-bond donors (Lipinski definition) is 2. The van der Waals surface area contributed by atoms with Crippen molar-refractivity contribution in [2.45, 2.75) is 13.3 Å². The maximum atomic E-state index is 9.47. The van der Waals surface area contributed by atoms with E-state index in [0.29, 0.717) is 0 Å². The molecule has 0 saturated carbocycles. The predicted molar refractivity (Wildman–Crippen MR) is 54.2 cm³/mol. The molecular formula is C6H15IN2O. The smallest absolute Gasteiger partial charge is 0.240 e. The van der Waals surface area contributed by atoms with Crippen molar-refractivity contribution >= 4 is 29.9 Å². The van der Waals surface area contributed by atoms with Gasteiger partial charge in [-0.05, 0) is 19.0 Å². The Labute approximate surface area is 78.9 Å². The quantitative estimate of drug-likeness (QED) is 0.563. The van der Waals surface area contributed by atoms with E-state index in [0.717, 1.165) is 19.0 Å². The van der Waals surface area contributed by atoms with Crippen LogP contribution in [0.4, 0.5) is 0 Å². The normalized spacial score (nSPS) is 6.20. The average molecular weight is 258 g/mol. The Balaban J connectivity index is -0.0000000910. The minimum absolute atomic E-state index is 0. The summed E-state index contributed by atoms with van der Waals surface area (Å²) in [5.41, 5.74) is 9.56. The van der Waals surface area contributed by atoms with Crippen molar-refractivity contribution in [3.63, 3.8) is 0 Å². The van der Waals surface area contributed by atoms with Gasteiger partial charge in [0.2, 0.25) is 5.91 Å². The first kappa shape index (κ1) is 16.5. The minimum atomic E-state index is -0.481. The number of carbonyl (C=O) groups is 1. The van der Waals surface area contributed by atoms with Crippen LogP contribution in [0.15, 0.2) is 12.7 Å². The Bertz CT molecular complexity index is 83.8. The lowest BCUT2D eigenvalue weighted by molar-refractivity contribution is -0.113. The molecule has 10 heavy (non-hydrogen) atoms. The van der Waals surface area contributed by atoms with E-state index in [1.807, 2.05) is 0 Å². The van der Waals surface area contributed by atoms with E-state index in [1.54, 1.807) is 0 Å². The molecule has 0 rings (SSSR count). The van der Waals surface area contributed by atoms with Gasteiger partial charge in [0, 0.05) is 0 Å². The van der Waals surface area contributed by atoms with Gasteiger partial charge in [0.15, 0.2) is 0 Å². The fraction of sp³-hybridized carbons (Fsp3) is 0.500. The van der Waals surface area contributed by atoms with Crippen molar-refractivity contribution in [3.05, 3.63) is 12.7 Å². The number of rotatable bonds is 2. The van der Waals surface area contributed by atoms with E-state index < -0.39 is 5.91 Å². The van der Waals surface area contributed by atoms with Crippen molar-refractivity contribution < 1.29 is 4.79 Å². The van der Waals surface area contributed by atoms with E-state index >= 15 is 0 Å². The zero-order chi connectivity index (χ0) is 7.70.